The summed E-state index contributed by atoms with van der Waals surface area (Å²) in [4.78, 5) is 17.2. The molecule has 2 heterocycles. The van der Waals surface area contributed by atoms with Crippen LogP contribution >= 0.6 is 0 Å². The van der Waals surface area contributed by atoms with Crippen LogP contribution < -0.4 is 5.32 Å². The van der Waals surface area contributed by atoms with Gasteiger partial charge in [-0.1, -0.05) is 12.1 Å². The van der Waals surface area contributed by atoms with Gasteiger partial charge in [0, 0.05) is 51.7 Å². The largest absolute Gasteiger partial charge is 0.356 e. The van der Waals surface area contributed by atoms with Crippen LogP contribution in [-0.4, -0.2) is 87.8 Å². The molecule has 168 valence electrons. The molecular formula is C21H33FN4O3S. The van der Waals surface area contributed by atoms with Gasteiger partial charge in [-0.25, -0.2) is 17.1 Å². The smallest absolute Gasteiger partial charge is 0.223 e. The van der Waals surface area contributed by atoms with Crippen LogP contribution in [-0.2, 0) is 20.6 Å². The highest BCUT2D eigenvalue weighted by Crippen LogP contribution is 2.22. The van der Waals surface area contributed by atoms with Gasteiger partial charge in [-0.05, 0) is 50.6 Å². The summed E-state index contributed by atoms with van der Waals surface area (Å²) >= 11 is 0. The summed E-state index contributed by atoms with van der Waals surface area (Å²) in [5.74, 6) is -0.627. The molecule has 1 amide bonds. The van der Waals surface area contributed by atoms with Crippen molar-refractivity contribution in [2.45, 2.75) is 25.0 Å². The fraction of sp³-hybridized carbons (Fsp3) is 0.667. The number of piperazine rings is 1. The Morgan fingerprint density at radius 2 is 1.70 bits per heavy atom. The summed E-state index contributed by atoms with van der Waals surface area (Å²) in [5.41, 5.74) is 0.566. The van der Waals surface area contributed by atoms with Crippen LogP contribution in [0.1, 0.15) is 24.8 Å². The number of rotatable bonds is 8. The average Bonchev–Trinajstić information content (AvgIpc) is 2.74. The van der Waals surface area contributed by atoms with E-state index in [9.17, 15) is 17.6 Å². The van der Waals surface area contributed by atoms with Crippen LogP contribution in [0.25, 0.3) is 0 Å². The maximum atomic E-state index is 13.0. The summed E-state index contributed by atoms with van der Waals surface area (Å²) in [6, 6.07) is 5.53. The van der Waals surface area contributed by atoms with Gasteiger partial charge in [0.2, 0.25) is 15.9 Å². The highest BCUT2D eigenvalue weighted by atomic mass is 32.2. The molecule has 0 saturated carbocycles. The maximum absolute atomic E-state index is 13.0. The maximum Gasteiger partial charge on any atom is 0.223 e. The van der Waals surface area contributed by atoms with E-state index in [2.05, 4.69) is 22.2 Å². The van der Waals surface area contributed by atoms with Crippen molar-refractivity contribution in [1.82, 2.24) is 19.4 Å². The molecule has 0 radical (unpaired) electrons. The fourth-order valence-corrected chi connectivity index (χ4v) is 5.57. The summed E-state index contributed by atoms with van der Waals surface area (Å²) < 4.78 is 39.7. The van der Waals surface area contributed by atoms with Gasteiger partial charge < -0.3 is 15.1 Å². The Morgan fingerprint density at radius 3 is 2.33 bits per heavy atom. The first-order valence-corrected chi connectivity index (χ1v) is 12.4. The minimum absolute atomic E-state index is 0.0314. The second-order valence-electron chi connectivity index (χ2n) is 8.35. The zero-order valence-corrected chi connectivity index (χ0v) is 18.5. The SMILES string of the molecule is CN1CCN(CCCNC(=O)C2CCN(S(=O)(=O)Cc3ccc(F)cc3)CC2)CC1. The quantitative estimate of drug-likeness (QED) is 0.614. The van der Waals surface area contributed by atoms with Gasteiger partial charge in [0.15, 0.2) is 0 Å². The highest BCUT2D eigenvalue weighted by Gasteiger charge is 2.31. The lowest BCUT2D eigenvalue weighted by Crippen LogP contribution is -2.45. The predicted molar refractivity (Wildman–Crippen MR) is 115 cm³/mol. The minimum atomic E-state index is -3.47. The lowest BCUT2D eigenvalue weighted by Gasteiger charge is -2.32. The molecule has 2 aliphatic heterocycles. The molecule has 7 nitrogen and oxygen atoms in total. The van der Waals surface area contributed by atoms with Crippen molar-refractivity contribution in [3.63, 3.8) is 0 Å². The first kappa shape index (κ1) is 23.1. The number of amides is 1. The molecule has 0 bridgehead atoms. The van der Waals surface area contributed by atoms with E-state index in [0.717, 1.165) is 39.1 Å². The van der Waals surface area contributed by atoms with E-state index < -0.39 is 10.0 Å². The Kier molecular flexibility index (Phi) is 8.21. The summed E-state index contributed by atoms with van der Waals surface area (Å²) in [6.07, 6.45) is 2.00. The molecule has 0 spiro atoms. The number of likely N-dealkylation sites (N-methyl/N-ethyl adjacent to an activating group) is 1. The van der Waals surface area contributed by atoms with Crippen molar-refractivity contribution in [3.8, 4) is 0 Å². The molecule has 0 atom stereocenters. The second kappa shape index (κ2) is 10.7. The normalized spacial score (nSPS) is 20.3. The number of hydrogen-bond acceptors (Lipinski definition) is 5. The molecule has 2 saturated heterocycles. The number of halogens is 1. The number of hydrogen-bond donors (Lipinski definition) is 1. The van der Waals surface area contributed by atoms with Gasteiger partial charge in [-0.2, -0.15) is 0 Å². The molecule has 9 heteroatoms. The van der Waals surface area contributed by atoms with Crippen LogP contribution in [0.15, 0.2) is 24.3 Å². The first-order chi connectivity index (χ1) is 14.3. The number of benzene rings is 1. The molecule has 2 fully saturated rings. The zero-order chi connectivity index (χ0) is 21.6. The van der Waals surface area contributed by atoms with Crippen molar-refractivity contribution in [3.05, 3.63) is 35.6 Å². The Balaban J connectivity index is 1.36. The Morgan fingerprint density at radius 1 is 1.07 bits per heavy atom. The highest BCUT2D eigenvalue weighted by molar-refractivity contribution is 7.88. The van der Waals surface area contributed by atoms with E-state index in [-0.39, 0.29) is 23.4 Å². The van der Waals surface area contributed by atoms with E-state index in [1.54, 1.807) is 0 Å². The number of sulfonamides is 1. The molecule has 1 N–H and O–H groups in total. The molecule has 30 heavy (non-hydrogen) atoms. The van der Waals surface area contributed by atoms with Gasteiger partial charge in [0.1, 0.15) is 5.82 Å². The second-order valence-corrected chi connectivity index (χ2v) is 10.3. The molecule has 3 rings (SSSR count). The monoisotopic (exact) mass is 440 g/mol. The van der Waals surface area contributed by atoms with E-state index in [1.807, 2.05) is 0 Å². The predicted octanol–water partition coefficient (Wildman–Crippen LogP) is 1.12. The Labute approximate surface area is 179 Å². The third-order valence-corrected chi connectivity index (χ3v) is 7.88. The van der Waals surface area contributed by atoms with Crippen LogP contribution in [0.5, 0.6) is 0 Å². The Hall–Kier alpha value is -1.55. The molecule has 1 aromatic rings. The van der Waals surface area contributed by atoms with Crippen LogP contribution in [0.2, 0.25) is 0 Å². The molecule has 0 unspecified atom stereocenters. The van der Waals surface area contributed by atoms with Crippen molar-refractivity contribution >= 4 is 15.9 Å². The Bertz CT molecular complexity index is 787. The zero-order valence-electron chi connectivity index (χ0n) is 17.7. The molecule has 1 aromatic carbocycles. The lowest BCUT2D eigenvalue weighted by molar-refractivity contribution is -0.126. The van der Waals surface area contributed by atoms with E-state index >= 15 is 0 Å². The third-order valence-electron chi connectivity index (χ3n) is 6.03. The van der Waals surface area contributed by atoms with Crippen LogP contribution in [0, 0.1) is 11.7 Å². The molecule has 0 aromatic heterocycles. The van der Waals surface area contributed by atoms with E-state index in [1.165, 1.54) is 28.6 Å². The van der Waals surface area contributed by atoms with Gasteiger partial charge >= 0.3 is 0 Å². The number of piperidine rings is 1. The molecule has 2 aliphatic rings. The van der Waals surface area contributed by atoms with Gasteiger partial charge in [0.05, 0.1) is 5.75 Å². The van der Waals surface area contributed by atoms with Crippen molar-refractivity contribution < 1.29 is 17.6 Å². The fourth-order valence-electron chi connectivity index (χ4n) is 4.01. The number of carbonyl (C=O) groups excluding carboxylic acids is 1. The van der Waals surface area contributed by atoms with Gasteiger partial charge in [-0.15, -0.1) is 0 Å². The van der Waals surface area contributed by atoms with E-state index in [4.69, 9.17) is 0 Å². The molecule has 0 aliphatic carbocycles. The minimum Gasteiger partial charge on any atom is -0.356 e. The third kappa shape index (κ3) is 6.73. The molecular weight excluding hydrogens is 407 g/mol. The van der Waals surface area contributed by atoms with Crippen molar-refractivity contribution in [2.24, 2.45) is 5.92 Å². The van der Waals surface area contributed by atoms with Crippen LogP contribution in [0.3, 0.4) is 0 Å². The van der Waals surface area contributed by atoms with Gasteiger partial charge in [-0.3, -0.25) is 4.79 Å². The first-order valence-electron chi connectivity index (χ1n) is 10.7. The van der Waals surface area contributed by atoms with Crippen LogP contribution in [0.4, 0.5) is 4.39 Å². The summed E-state index contributed by atoms with van der Waals surface area (Å²) in [7, 11) is -1.33. The lowest BCUT2D eigenvalue weighted by atomic mass is 9.97. The topological polar surface area (TPSA) is 73.0 Å². The van der Waals surface area contributed by atoms with Crippen molar-refractivity contribution in [2.75, 3.05) is 59.4 Å². The standard InChI is InChI=1S/C21H33FN4O3S/c1-24-13-15-25(16-14-24)10-2-9-23-21(27)19-7-11-26(12-8-19)30(28,29)17-18-3-5-20(22)6-4-18/h3-6,19H,2,7-17H2,1H3,(H,23,27). The summed E-state index contributed by atoms with van der Waals surface area (Å²) in [6.45, 7) is 6.70. The summed E-state index contributed by atoms with van der Waals surface area (Å²) in [5, 5.41) is 3.02. The average molecular weight is 441 g/mol. The number of carbonyl (C=O) groups is 1. The van der Waals surface area contributed by atoms with Crippen molar-refractivity contribution in [1.29, 1.82) is 0 Å². The number of nitrogens with one attached hydrogen (secondary N) is 1. The number of nitrogens with zero attached hydrogens (tertiary/aromatic N) is 3. The van der Waals surface area contributed by atoms with E-state index in [0.29, 0.717) is 38.0 Å². The van der Waals surface area contributed by atoms with Gasteiger partial charge in [0.25, 0.3) is 0 Å².